The maximum absolute atomic E-state index is 12.8. The summed E-state index contributed by atoms with van der Waals surface area (Å²) in [6.07, 6.45) is 4.16. The van der Waals surface area contributed by atoms with Crippen LogP contribution in [0.1, 0.15) is 33.6 Å². The van der Waals surface area contributed by atoms with Crippen molar-refractivity contribution in [2.24, 2.45) is 0 Å². The highest BCUT2D eigenvalue weighted by molar-refractivity contribution is 5.91. The summed E-state index contributed by atoms with van der Waals surface area (Å²) in [5.41, 5.74) is -0.142. The molecular weight excluding hydrogens is 350 g/mol. The largest absolute Gasteiger partial charge is 0.458 e. The van der Waals surface area contributed by atoms with Crippen LogP contribution in [0.3, 0.4) is 0 Å². The number of hydrogen-bond donors (Lipinski definition) is 0. The van der Waals surface area contributed by atoms with Gasteiger partial charge in [0.2, 0.25) is 5.60 Å². The standard InChI is InChI=1S/C20H25NO6/c1-5-14-10-12(2)20(4,27-13(3)22)19(24)25-11-15-6-8-21-9-7-16(17(15)21)26-18(14)23/h5-6,16-17H,2,7-11H2,1,3-4H3/b14-5-/t16-,17-,20-/m0/s1. The van der Waals surface area contributed by atoms with Gasteiger partial charge in [-0.3, -0.25) is 9.69 Å². The lowest BCUT2D eigenvalue weighted by molar-refractivity contribution is -0.174. The van der Waals surface area contributed by atoms with Crippen molar-refractivity contribution in [3.8, 4) is 0 Å². The van der Waals surface area contributed by atoms with E-state index in [4.69, 9.17) is 14.2 Å². The van der Waals surface area contributed by atoms with E-state index in [1.807, 2.05) is 6.08 Å². The van der Waals surface area contributed by atoms with Crippen molar-refractivity contribution in [3.05, 3.63) is 35.5 Å². The fraction of sp³-hybridized carbons (Fsp3) is 0.550. The molecule has 0 unspecified atom stereocenters. The van der Waals surface area contributed by atoms with Crippen LogP contribution >= 0.6 is 0 Å². The highest BCUT2D eigenvalue weighted by Crippen LogP contribution is 2.34. The maximum Gasteiger partial charge on any atom is 0.355 e. The molecule has 3 rings (SSSR count). The molecule has 0 radical (unpaired) electrons. The van der Waals surface area contributed by atoms with Gasteiger partial charge in [0.15, 0.2) is 0 Å². The number of cyclic esters (lactones) is 1. The van der Waals surface area contributed by atoms with Crippen LogP contribution in [0, 0.1) is 0 Å². The lowest BCUT2D eigenvalue weighted by Gasteiger charge is -2.31. The van der Waals surface area contributed by atoms with Crippen molar-refractivity contribution >= 4 is 17.9 Å². The zero-order chi connectivity index (χ0) is 19.8. The topological polar surface area (TPSA) is 82.1 Å². The smallest absolute Gasteiger partial charge is 0.355 e. The second kappa shape index (κ2) is 7.31. The molecule has 3 aliphatic heterocycles. The number of esters is 3. The van der Waals surface area contributed by atoms with E-state index in [1.54, 1.807) is 13.0 Å². The van der Waals surface area contributed by atoms with Crippen molar-refractivity contribution in [2.75, 3.05) is 19.7 Å². The quantitative estimate of drug-likeness (QED) is 0.298. The number of hydrogen-bond acceptors (Lipinski definition) is 7. The summed E-state index contributed by atoms with van der Waals surface area (Å²) in [6, 6.07) is -0.0811. The van der Waals surface area contributed by atoms with Gasteiger partial charge in [0.05, 0.1) is 6.04 Å². The van der Waals surface area contributed by atoms with Crippen molar-refractivity contribution < 1.29 is 28.6 Å². The first kappa shape index (κ1) is 19.4. The first-order valence-electron chi connectivity index (χ1n) is 9.10. The fourth-order valence-electron chi connectivity index (χ4n) is 3.86. The summed E-state index contributed by atoms with van der Waals surface area (Å²) in [5, 5.41) is 0. The molecule has 3 atom stereocenters. The van der Waals surface area contributed by atoms with Crippen molar-refractivity contribution in [3.63, 3.8) is 0 Å². The predicted molar refractivity (Wildman–Crippen MR) is 96.6 cm³/mol. The van der Waals surface area contributed by atoms with Gasteiger partial charge in [0, 0.05) is 32.0 Å². The van der Waals surface area contributed by atoms with Crippen molar-refractivity contribution in [1.82, 2.24) is 4.90 Å². The third kappa shape index (κ3) is 3.56. The maximum atomic E-state index is 12.8. The van der Waals surface area contributed by atoms with Gasteiger partial charge in [0.1, 0.15) is 12.7 Å². The number of rotatable bonds is 1. The molecule has 2 fully saturated rings. The Morgan fingerprint density at radius 3 is 2.85 bits per heavy atom. The van der Waals surface area contributed by atoms with E-state index in [9.17, 15) is 14.4 Å². The molecule has 0 N–H and O–H groups in total. The summed E-state index contributed by atoms with van der Waals surface area (Å²) >= 11 is 0. The Balaban J connectivity index is 1.95. The Bertz CT molecular complexity index is 752. The summed E-state index contributed by atoms with van der Waals surface area (Å²) in [4.78, 5) is 39.3. The predicted octanol–water partition coefficient (Wildman–Crippen LogP) is 1.68. The molecule has 2 saturated heterocycles. The molecule has 0 aromatic rings. The first-order chi connectivity index (χ1) is 12.8. The van der Waals surface area contributed by atoms with Crippen molar-refractivity contribution in [2.45, 2.75) is 51.4 Å². The Labute approximate surface area is 158 Å². The van der Waals surface area contributed by atoms with Gasteiger partial charge < -0.3 is 14.2 Å². The van der Waals surface area contributed by atoms with Crippen molar-refractivity contribution in [1.29, 1.82) is 0 Å². The molecule has 3 heterocycles. The van der Waals surface area contributed by atoms with Crippen LogP contribution in [0.15, 0.2) is 35.5 Å². The zero-order valence-electron chi connectivity index (χ0n) is 15.9. The second-order valence-corrected chi connectivity index (χ2v) is 7.25. The van der Waals surface area contributed by atoms with E-state index in [2.05, 4.69) is 11.5 Å². The first-order valence-corrected chi connectivity index (χ1v) is 9.10. The van der Waals surface area contributed by atoms with Crippen LogP contribution in [-0.2, 0) is 28.6 Å². The number of nitrogens with zero attached hydrogens (tertiary/aromatic N) is 1. The van der Waals surface area contributed by atoms with Gasteiger partial charge in [-0.25, -0.2) is 9.59 Å². The van der Waals surface area contributed by atoms with E-state index in [0.29, 0.717) is 5.57 Å². The monoisotopic (exact) mass is 375 g/mol. The van der Waals surface area contributed by atoms with Crippen LogP contribution in [0.4, 0.5) is 0 Å². The second-order valence-electron chi connectivity index (χ2n) is 7.25. The highest BCUT2D eigenvalue weighted by atomic mass is 16.6. The van der Waals surface area contributed by atoms with Crippen LogP contribution in [0.5, 0.6) is 0 Å². The van der Waals surface area contributed by atoms with Crippen LogP contribution in [-0.4, -0.2) is 60.3 Å². The Kier molecular flexibility index (Phi) is 5.24. The number of carbonyl (C=O) groups is 3. The van der Waals surface area contributed by atoms with Gasteiger partial charge >= 0.3 is 17.9 Å². The van der Waals surface area contributed by atoms with Gasteiger partial charge in [-0.1, -0.05) is 18.7 Å². The zero-order valence-corrected chi connectivity index (χ0v) is 15.9. The lowest BCUT2D eigenvalue weighted by atomic mass is 9.90. The number of ether oxygens (including phenoxy) is 3. The van der Waals surface area contributed by atoms with E-state index in [0.717, 1.165) is 25.1 Å². The number of allylic oxidation sites excluding steroid dienone is 1. The molecule has 146 valence electrons. The average molecular weight is 375 g/mol. The SMILES string of the molecule is C=C1C/C(=C/C)C(=O)O[C@H]2CCN3CC=C(COC(=O)[C@@]1(C)OC(C)=O)[C@@H]23. The third-order valence-electron chi connectivity index (χ3n) is 5.47. The van der Waals surface area contributed by atoms with E-state index in [1.165, 1.54) is 13.8 Å². The molecule has 27 heavy (non-hydrogen) atoms. The minimum Gasteiger partial charge on any atom is -0.458 e. The molecule has 0 aromatic heterocycles. The van der Waals surface area contributed by atoms with Gasteiger partial charge in [-0.15, -0.1) is 0 Å². The molecule has 3 aliphatic rings. The molecule has 0 aromatic carbocycles. The molecular formula is C20H25NO6. The van der Waals surface area contributed by atoms with E-state index < -0.39 is 23.5 Å². The van der Waals surface area contributed by atoms with Gasteiger partial charge in [0.25, 0.3) is 0 Å². The fourth-order valence-corrected chi connectivity index (χ4v) is 3.86. The third-order valence-corrected chi connectivity index (χ3v) is 5.47. The van der Waals surface area contributed by atoms with E-state index >= 15 is 0 Å². The number of carbonyl (C=O) groups excluding carboxylic acids is 3. The average Bonchev–Trinajstić information content (AvgIpc) is 3.18. The van der Waals surface area contributed by atoms with Crippen LogP contribution in [0.2, 0.25) is 0 Å². The van der Waals surface area contributed by atoms with Gasteiger partial charge in [-0.2, -0.15) is 0 Å². The minimum absolute atomic E-state index is 0.0536. The molecule has 0 spiro atoms. The van der Waals surface area contributed by atoms with E-state index in [-0.39, 0.29) is 30.7 Å². The Morgan fingerprint density at radius 2 is 2.19 bits per heavy atom. The molecule has 0 aliphatic carbocycles. The minimum atomic E-state index is -1.67. The molecule has 0 amide bonds. The van der Waals surface area contributed by atoms with Crippen LogP contribution < -0.4 is 0 Å². The molecule has 7 heteroatoms. The molecule has 0 saturated carbocycles. The summed E-state index contributed by atoms with van der Waals surface area (Å²) in [6.45, 7) is 9.89. The summed E-state index contributed by atoms with van der Waals surface area (Å²) in [7, 11) is 0. The highest BCUT2D eigenvalue weighted by Gasteiger charge is 2.46. The Hall–Kier alpha value is -2.41. The Morgan fingerprint density at radius 1 is 1.44 bits per heavy atom. The summed E-state index contributed by atoms with van der Waals surface area (Å²) in [5.74, 6) is -1.76. The van der Waals surface area contributed by atoms with Crippen LogP contribution in [0.25, 0.3) is 0 Å². The normalized spacial score (nSPS) is 33.5. The lowest BCUT2D eigenvalue weighted by Crippen LogP contribution is -2.45. The van der Waals surface area contributed by atoms with Gasteiger partial charge in [-0.05, 0) is 31.4 Å². The molecule has 7 nitrogen and oxygen atoms in total. The summed E-state index contributed by atoms with van der Waals surface area (Å²) < 4.78 is 16.6. The molecule has 0 bridgehead atoms.